The molecule has 7 nitrogen and oxygen atoms in total. The normalized spacial score (nSPS) is 19.2. The fraction of sp³-hybridized carbons (Fsp3) is 0.429. The SMILES string of the molecule is COC(=O)c1csc(S(=O)(=O)N2CCN(C(=O)C3(c4ccccc4)CCC3)CC2)c1. The second-order valence-electron chi connectivity index (χ2n) is 7.64. The Morgan fingerprint density at radius 3 is 2.30 bits per heavy atom. The van der Waals surface area contributed by atoms with Crippen molar-refractivity contribution in [1.82, 2.24) is 9.21 Å². The summed E-state index contributed by atoms with van der Waals surface area (Å²) in [5.41, 5.74) is 0.806. The first-order valence-electron chi connectivity index (χ1n) is 9.90. The van der Waals surface area contributed by atoms with E-state index < -0.39 is 21.4 Å². The van der Waals surface area contributed by atoms with Gasteiger partial charge in [-0.2, -0.15) is 4.31 Å². The molecule has 1 amide bonds. The van der Waals surface area contributed by atoms with E-state index in [4.69, 9.17) is 0 Å². The number of benzene rings is 1. The van der Waals surface area contributed by atoms with Crippen molar-refractivity contribution in [3.05, 3.63) is 52.9 Å². The highest BCUT2D eigenvalue weighted by atomic mass is 32.2. The van der Waals surface area contributed by atoms with Crippen molar-refractivity contribution in [2.24, 2.45) is 0 Å². The first kappa shape index (κ1) is 21.0. The van der Waals surface area contributed by atoms with Crippen LogP contribution < -0.4 is 0 Å². The van der Waals surface area contributed by atoms with Gasteiger partial charge >= 0.3 is 5.97 Å². The van der Waals surface area contributed by atoms with Crippen LogP contribution in [0.4, 0.5) is 0 Å². The molecule has 9 heteroatoms. The van der Waals surface area contributed by atoms with E-state index in [-0.39, 0.29) is 28.8 Å². The van der Waals surface area contributed by atoms with Gasteiger partial charge in [0, 0.05) is 31.6 Å². The predicted octanol–water partition coefficient (Wildman–Crippen LogP) is 2.49. The molecule has 1 saturated heterocycles. The molecule has 0 radical (unpaired) electrons. The van der Waals surface area contributed by atoms with Gasteiger partial charge in [-0.05, 0) is 24.5 Å². The number of nitrogens with zero attached hydrogens (tertiary/aromatic N) is 2. The largest absolute Gasteiger partial charge is 0.465 e. The van der Waals surface area contributed by atoms with Gasteiger partial charge in [0.15, 0.2) is 0 Å². The van der Waals surface area contributed by atoms with Gasteiger partial charge in [0.25, 0.3) is 10.0 Å². The van der Waals surface area contributed by atoms with E-state index in [9.17, 15) is 18.0 Å². The number of sulfonamides is 1. The standard InChI is InChI=1S/C21H24N2O5S2/c1-28-19(24)16-14-18(29-15-16)30(26,27)23-12-10-22(11-13-23)20(25)21(8-5-9-21)17-6-3-2-4-7-17/h2-4,6-7,14-15H,5,8-13H2,1H3. The van der Waals surface area contributed by atoms with Crippen molar-refractivity contribution in [2.75, 3.05) is 33.3 Å². The molecule has 2 aromatic rings. The van der Waals surface area contributed by atoms with E-state index in [2.05, 4.69) is 4.74 Å². The Morgan fingerprint density at radius 1 is 1.07 bits per heavy atom. The lowest BCUT2D eigenvalue weighted by Gasteiger charge is -2.45. The Kier molecular flexibility index (Phi) is 5.69. The highest BCUT2D eigenvalue weighted by molar-refractivity contribution is 7.91. The monoisotopic (exact) mass is 448 g/mol. The number of piperazine rings is 1. The van der Waals surface area contributed by atoms with Gasteiger partial charge in [-0.15, -0.1) is 11.3 Å². The van der Waals surface area contributed by atoms with Crippen LogP contribution in [0.25, 0.3) is 0 Å². The van der Waals surface area contributed by atoms with Crippen LogP contribution in [-0.4, -0.2) is 62.8 Å². The van der Waals surface area contributed by atoms with Crippen LogP contribution in [0.5, 0.6) is 0 Å². The molecule has 0 bridgehead atoms. The molecule has 2 heterocycles. The van der Waals surface area contributed by atoms with Crippen LogP contribution in [0.15, 0.2) is 46.0 Å². The van der Waals surface area contributed by atoms with Gasteiger partial charge in [0.05, 0.1) is 18.1 Å². The first-order valence-corrected chi connectivity index (χ1v) is 12.2. The van der Waals surface area contributed by atoms with E-state index >= 15 is 0 Å². The average molecular weight is 449 g/mol. The molecule has 0 spiro atoms. The van der Waals surface area contributed by atoms with Crippen LogP contribution in [-0.2, 0) is 25.0 Å². The van der Waals surface area contributed by atoms with Crippen molar-refractivity contribution in [3.63, 3.8) is 0 Å². The number of ether oxygens (including phenoxy) is 1. The molecule has 0 unspecified atom stereocenters. The van der Waals surface area contributed by atoms with Crippen LogP contribution in [0.1, 0.15) is 35.2 Å². The Labute approximate surface area is 180 Å². The quantitative estimate of drug-likeness (QED) is 0.656. The van der Waals surface area contributed by atoms with Crippen molar-refractivity contribution in [2.45, 2.75) is 28.9 Å². The summed E-state index contributed by atoms with van der Waals surface area (Å²) in [5.74, 6) is -0.462. The molecule has 0 atom stereocenters. The van der Waals surface area contributed by atoms with E-state index in [1.165, 1.54) is 22.9 Å². The summed E-state index contributed by atoms with van der Waals surface area (Å²) in [6, 6.07) is 11.2. The van der Waals surface area contributed by atoms with Crippen molar-refractivity contribution >= 4 is 33.2 Å². The molecule has 160 valence electrons. The molecular formula is C21H24N2O5S2. The second-order valence-corrected chi connectivity index (χ2v) is 10.7. The number of carbonyl (C=O) groups is 2. The first-order chi connectivity index (χ1) is 14.4. The zero-order chi connectivity index (χ0) is 21.4. The third-order valence-electron chi connectivity index (χ3n) is 6.06. The lowest BCUT2D eigenvalue weighted by atomic mass is 9.63. The maximum atomic E-state index is 13.3. The van der Waals surface area contributed by atoms with Gasteiger partial charge in [0.1, 0.15) is 4.21 Å². The van der Waals surface area contributed by atoms with Crippen LogP contribution in [0, 0.1) is 0 Å². The molecule has 1 aromatic carbocycles. The molecule has 1 aliphatic carbocycles. The van der Waals surface area contributed by atoms with Crippen molar-refractivity contribution in [1.29, 1.82) is 0 Å². The Morgan fingerprint density at radius 2 is 1.73 bits per heavy atom. The Hall–Kier alpha value is -2.23. The summed E-state index contributed by atoms with van der Waals surface area (Å²) in [5, 5.41) is 1.48. The fourth-order valence-electron chi connectivity index (χ4n) is 4.15. The van der Waals surface area contributed by atoms with Gasteiger partial charge in [-0.3, -0.25) is 4.79 Å². The second kappa shape index (κ2) is 8.13. The van der Waals surface area contributed by atoms with E-state index in [1.807, 2.05) is 30.3 Å². The predicted molar refractivity (Wildman–Crippen MR) is 113 cm³/mol. The van der Waals surface area contributed by atoms with Crippen LogP contribution in [0.3, 0.4) is 0 Å². The fourth-order valence-corrected chi connectivity index (χ4v) is 6.88. The molecule has 0 N–H and O–H groups in total. The minimum Gasteiger partial charge on any atom is -0.465 e. The number of rotatable bonds is 5. The lowest BCUT2D eigenvalue weighted by Crippen LogP contribution is -2.57. The topological polar surface area (TPSA) is 84.0 Å². The third-order valence-corrected chi connectivity index (χ3v) is 9.37. The van der Waals surface area contributed by atoms with Crippen LogP contribution in [0.2, 0.25) is 0 Å². The number of carbonyl (C=O) groups excluding carboxylic acids is 2. The third kappa shape index (κ3) is 3.55. The molecular weight excluding hydrogens is 424 g/mol. The maximum absolute atomic E-state index is 13.3. The highest BCUT2D eigenvalue weighted by Crippen LogP contribution is 2.45. The molecule has 30 heavy (non-hydrogen) atoms. The summed E-state index contributed by atoms with van der Waals surface area (Å²) in [6.07, 6.45) is 2.69. The van der Waals surface area contributed by atoms with E-state index in [0.717, 1.165) is 36.2 Å². The molecule has 4 rings (SSSR count). The van der Waals surface area contributed by atoms with Crippen LogP contribution >= 0.6 is 11.3 Å². The minimum atomic E-state index is -3.71. The number of amides is 1. The van der Waals surface area contributed by atoms with Gasteiger partial charge in [-0.25, -0.2) is 13.2 Å². The summed E-state index contributed by atoms with van der Waals surface area (Å²) in [6.45, 7) is 1.21. The smallest absolute Gasteiger partial charge is 0.338 e. The van der Waals surface area contributed by atoms with Gasteiger partial charge in [-0.1, -0.05) is 36.8 Å². The zero-order valence-electron chi connectivity index (χ0n) is 16.7. The Balaban J connectivity index is 1.45. The molecule has 2 fully saturated rings. The summed E-state index contributed by atoms with van der Waals surface area (Å²) < 4.78 is 32.1. The van der Waals surface area contributed by atoms with Gasteiger partial charge < -0.3 is 9.64 Å². The maximum Gasteiger partial charge on any atom is 0.338 e. The molecule has 1 saturated carbocycles. The average Bonchev–Trinajstić information content (AvgIpc) is 3.24. The van der Waals surface area contributed by atoms with E-state index in [1.54, 1.807) is 4.90 Å². The van der Waals surface area contributed by atoms with E-state index in [0.29, 0.717) is 13.1 Å². The zero-order valence-corrected chi connectivity index (χ0v) is 18.4. The Bertz CT molecular complexity index is 1040. The lowest BCUT2D eigenvalue weighted by molar-refractivity contribution is -0.142. The summed E-state index contributed by atoms with van der Waals surface area (Å²) >= 11 is 1.00. The number of esters is 1. The summed E-state index contributed by atoms with van der Waals surface area (Å²) in [7, 11) is -2.45. The molecule has 2 aliphatic rings. The molecule has 1 aromatic heterocycles. The minimum absolute atomic E-state index is 0.0982. The highest BCUT2D eigenvalue weighted by Gasteiger charge is 2.48. The van der Waals surface area contributed by atoms with Gasteiger partial charge in [0.2, 0.25) is 5.91 Å². The van der Waals surface area contributed by atoms with Crippen molar-refractivity contribution in [3.8, 4) is 0 Å². The number of methoxy groups -OCH3 is 1. The number of thiophene rings is 1. The number of hydrogen-bond acceptors (Lipinski definition) is 6. The number of hydrogen-bond donors (Lipinski definition) is 0. The summed E-state index contributed by atoms with van der Waals surface area (Å²) in [4.78, 5) is 26.8. The molecule has 1 aliphatic heterocycles. The van der Waals surface area contributed by atoms with Crippen molar-refractivity contribution < 1.29 is 22.7 Å².